The van der Waals surface area contributed by atoms with Crippen molar-refractivity contribution in [2.45, 2.75) is 26.4 Å². The average molecular weight is 484 g/mol. The van der Waals surface area contributed by atoms with Crippen molar-refractivity contribution in [3.63, 3.8) is 0 Å². The van der Waals surface area contributed by atoms with Gasteiger partial charge in [0, 0.05) is 42.2 Å². The first-order valence-electron chi connectivity index (χ1n) is 11.1. The summed E-state index contributed by atoms with van der Waals surface area (Å²) >= 11 is 1.65. The maximum Gasteiger partial charge on any atom is 0.322 e. The number of anilines is 1. The predicted molar refractivity (Wildman–Crippen MR) is 133 cm³/mol. The van der Waals surface area contributed by atoms with Crippen molar-refractivity contribution in [1.29, 1.82) is 0 Å². The molecule has 0 aliphatic rings. The molecule has 6 nitrogen and oxygen atoms in total. The summed E-state index contributed by atoms with van der Waals surface area (Å²) in [6.07, 6.45) is 0.573. The third-order valence-corrected chi connectivity index (χ3v) is 6.16. The van der Waals surface area contributed by atoms with Crippen molar-refractivity contribution in [2.24, 2.45) is 0 Å². The minimum Gasteiger partial charge on any atom is -0.385 e. The third kappa shape index (κ3) is 7.97. The van der Waals surface area contributed by atoms with Crippen molar-refractivity contribution < 1.29 is 18.7 Å². The van der Waals surface area contributed by atoms with E-state index in [2.05, 4.69) is 5.32 Å². The Labute approximate surface area is 204 Å². The van der Waals surface area contributed by atoms with E-state index in [1.807, 2.05) is 49.4 Å². The summed E-state index contributed by atoms with van der Waals surface area (Å²) < 4.78 is 18.7. The molecule has 0 saturated carbocycles. The van der Waals surface area contributed by atoms with Crippen molar-refractivity contribution in [3.8, 4) is 0 Å². The number of hydrogen-bond acceptors (Lipinski definition) is 4. The number of carbonyl (C=O) groups is 2. The Morgan fingerprint density at radius 2 is 1.79 bits per heavy atom. The number of hydrogen-bond donors (Lipinski definition) is 1. The van der Waals surface area contributed by atoms with Crippen LogP contribution in [0.5, 0.6) is 0 Å². The predicted octanol–water partition coefficient (Wildman–Crippen LogP) is 5.30. The van der Waals surface area contributed by atoms with Crippen LogP contribution in [0, 0.1) is 12.7 Å². The second kappa shape index (κ2) is 12.9. The molecule has 0 bridgehead atoms. The summed E-state index contributed by atoms with van der Waals surface area (Å²) in [6.45, 7) is 3.63. The highest BCUT2D eigenvalue weighted by atomic mass is 32.1. The molecule has 3 aromatic rings. The summed E-state index contributed by atoms with van der Waals surface area (Å²) in [5.74, 6) is -0.609. The van der Waals surface area contributed by atoms with Crippen LogP contribution in [0.1, 0.15) is 21.7 Å². The number of amides is 3. The van der Waals surface area contributed by atoms with Crippen molar-refractivity contribution in [3.05, 3.63) is 87.9 Å². The lowest BCUT2D eigenvalue weighted by molar-refractivity contribution is -0.133. The van der Waals surface area contributed by atoms with Gasteiger partial charge in [0.05, 0.1) is 6.54 Å². The lowest BCUT2D eigenvalue weighted by Gasteiger charge is -2.28. The van der Waals surface area contributed by atoms with Gasteiger partial charge in [-0.25, -0.2) is 9.18 Å². The standard InChI is InChI=1S/C26H30FN3O3S/c1-20-12-13-24(34-20)18-30(17-21-8-4-3-5-9-21)25(31)19-29(14-7-15-33-2)26(32)28-23-11-6-10-22(27)16-23/h3-6,8-13,16H,7,14-15,17-19H2,1-2H3,(H,28,32). The molecule has 1 aromatic heterocycles. The zero-order chi connectivity index (χ0) is 24.3. The number of nitrogens with one attached hydrogen (secondary N) is 1. The maximum absolute atomic E-state index is 13.6. The van der Waals surface area contributed by atoms with Crippen LogP contribution in [0.25, 0.3) is 0 Å². The lowest BCUT2D eigenvalue weighted by Crippen LogP contribution is -2.44. The summed E-state index contributed by atoms with van der Waals surface area (Å²) in [4.78, 5) is 31.9. The molecule has 0 unspecified atom stereocenters. The van der Waals surface area contributed by atoms with E-state index in [0.717, 1.165) is 10.4 Å². The molecule has 1 heterocycles. The number of carbonyl (C=O) groups excluding carboxylic acids is 2. The van der Waals surface area contributed by atoms with Gasteiger partial charge in [-0.05, 0) is 49.2 Å². The van der Waals surface area contributed by atoms with Gasteiger partial charge in [0.15, 0.2) is 0 Å². The fourth-order valence-electron chi connectivity index (χ4n) is 3.48. The first-order valence-corrected chi connectivity index (χ1v) is 11.9. The number of nitrogens with zero attached hydrogens (tertiary/aromatic N) is 2. The van der Waals surface area contributed by atoms with Gasteiger partial charge in [0.2, 0.25) is 5.91 Å². The molecule has 0 aliphatic carbocycles. The van der Waals surface area contributed by atoms with Gasteiger partial charge in [-0.3, -0.25) is 4.79 Å². The Kier molecular flexibility index (Phi) is 9.61. The Bertz CT molecular complexity index is 1070. The van der Waals surface area contributed by atoms with Crippen LogP contribution in [0.2, 0.25) is 0 Å². The molecule has 0 fully saturated rings. The Morgan fingerprint density at radius 3 is 2.47 bits per heavy atom. The van der Waals surface area contributed by atoms with Crippen molar-refractivity contribution >= 4 is 29.0 Å². The first-order chi connectivity index (χ1) is 16.4. The van der Waals surface area contributed by atoms with Crippen LogP contribution in [0.15, 0.2) is 66.7 Å². The zero-order valence-corrected chi connectivity index (χ0v) is 20.3. The zero-order valence-electron chi connectivity index (χ0n) is 19.5. The van der Waals surface area contributed by atoms with Crippen LogP contribution in [0.3, 0.4) is 0 Å². The molecule has 3 amide bonds. The van der Waals surface area contributed by atoms with E-state index in [1.54, 1.807) is 29.4 Å². The summed E-state index contributed by atoms with van der Waals surface area (Å²) in [5.41, 5.74) is 1.35. The second-order valence-electron chi connectivity index (χ2n) is 7.96. The number of halogens is 1. The van der Waals surface area contributed by atoms with Gasteiger partial charge in [-0.15, -0.1) is 11.3 Å². The molecule has 3 rings (SSSR count). The molecule has 0 spiro atoms. The molecule has 0 atom stereocenters. The number of urea groups is 1. The number of benzene rings is 2. The van der Waals surface area contributed by atoms with Crippen LogP contribution in [-0.2, 0) is 22.6 Å². The number of rotatable bonds is 11. The minimum atomic E-state index is -0.457. The topological polar surface area (TPSA) is 61.9 Å². The normalized spacial score (nSPS) is 10.7. The van der Waals surface area contributed by atoms with Crippen LogP contribution >= 0.6 is 11.3 Å². The van der Waals surface area contributed by atoms with Gasteiger partial charge in [-0.2, -0.15) is 0 Å². The van der Waals surface area contributed by atoms with E-state index >= 15 is 0 Å². The first kappa shape index (κ1) is 25.4. The highest BCUT2D eigenvalue weighted by molar-refractivity contribution is 7.11. The van der Waals surface area contributed by atoms with E-state index in [1.165, 1.54) is 28.0 Å². The van der Waals surface area contributed by atoms with E-state index in [9.17, 15) is 14.0 Å². The molecule has 8 heteroatoms. The van der Waals surface area contributed by atoms with Crippen LogP contribution < -0.4 is 5.32 Å². The summed E-state index contributed by atoms with van der Waals surface area (Å²) in [5, 5.41) is 2.69. The van der Waals surface area contributed by atoms with Gasteiger partial charge in [-0.1, -0.05) is 36.4 Å². The van der Waals surface area contributed by atoms with Crippen LogP contribution in [0.4, 0.5) is 14.9 Å². The molecular formula is C26H30FN3O3S. The molecule has 0 aliphatic heterocycles. The van der Waals surface area contributed by atoms with E-state index < -0.39 is 11.8 Å². The monoisotopic (exact) mass is 483 g/mol. The Hall–Kier alpha value is -3.23. The molecule has 34 heavy (non-hydrogen) atoms. The fraction of sp³-hybridized carbons (Fsp3) is 0.308. The Morgan fingerprint density at radius 1 is 1.00 bits per heavy atom. The number of aryl methyl sites for hydroxylation is 1. The van der Waals surface area contributed by atoms with Crippen molar-refractivity contribution in [1.82, 2.24) is 9.80 Å². The van der Waals surface area contributed by atoms with E-state index in [-0.39, 0.29) is 12.5 Å². The van der Waals surface area contributed by atoms with Gasteiger partial charge >= 0.3 is 6.03 Å². The van der Waals surface area contributed by atoms with Gasteiger partial charge in [0.25, 0.3) is 0 Å². The number of ether oxygens (including phenoxy) is 1. The summed E-state index contributed by atoms with van der Waals surface area (Å²) in [7, 11) is 1.59. The molecule has 2 aromatic carbocycles. The number of thiophene rings is 1. The largest absolute Gasteiger partial charge is 0.385 e. The molecule has 0 radical (unpaired) electrons. The number of methoxy groups -OCH3 is 1. The SMILES string of the molecule is COCCCN(CC(=O)N(Cc1ccccc1)Cc1ccc(C)s1)C(=O)Nc1cccc(F)c1. The highest BCUT2D eigenvalue weighted by Gasteiger charge is 2.22. The summed E-state index contributed by atoms with van der Waals surface area (Å²) in [6, 6.07) is 19.1. The van der Waals surface area contributed by atoms with Gasteiger partial charge < -0.3 is 19.9 Å². The third-order valence-electron chi connectivity index (χ3n) is 5.18. The maximum atomic E-state index is 13.6. The molecule has 1 N–H and O–H groups in total. The van der Waals surface area contributed by atoms with Gasteiger partial charge in [0.1, 0.15) is 12.4 Å². The minimum absolute atomic E-state index is 0.0952. The van der Waals surface area contributed by atoms with Crippen molar-refractivity contribution in [2.75, 3.05) is 32.1 Å². The molecule has 0 saturated heterocycles. The highest BCUT2D eigenvalue weighted by Crippen LogP contribution is 2.19. The fourth-order valence-corrected chi connectivity index (χ4v) is 4.38. The average Bonchev–Trinajstić information content (AvgIpc) is 3.23. The second-order valence-corrected chi connectivity index (χ2v) is 9.33. The van der Waals surface area contributed by atoms with Crippen LogP contribution in [-0.4, -0.2) is 48.5 Å². The quantitative estimate of drug-likeness (QED) is 0.377. The lowest BCUT2D eigenvalue weighted by atomic mass is 10.2. The smallest absolute Gasteiger partial charge is 0.322 e. The Balaban J connectivity index is 1.75. The molecular weight excluding hydrogens is 453 g/mol. The molecule has 180 valence electrons. The van der Waals surface area contributed by atoms with E-state index in [0.29, 0.717) is 38.3 Å². The van der Waals surface area contributed by atoms with E-state index in [4.69, 9.17) is 4.74 Å².